The minimum Gasteiger partial charge on any atom is -0.466 e. The minimum absolute atomic E-state index is 0.0989. The number of imidazole rings is 1. The number of rotatable bonds is 9. The molecule has 4 heterocycles. The van der Waals surface area contributed by atoms with Crippen molar-refractivity contribution in [3.63, 3.8) is 0 Å². The number of aromatic nitrogens is 4. The van der Waals surface area contributed by atoms with Gasteiger partial charge in [-0.2, -0.15) is 0 Å². The van der Waals surface area contributed by atoms with E-state index in [2.05, 4.69) is 33.7 Å². The number of nitrogens with zero attached hydrogens (tertiary/aromatic N) is 5. The van der Waals surface area contributed by atoms with Gasteiger partial charge in [0.05, 0.1) is 12.9 Å². The van der Waals surface area contributed by atoms with Crippen molar-refractivity contribution in [1.29, 1.82) is 0 Å². The van der Waals surface area contributed by atoms with Crippen LogP contribution in [0.3, 0.4) is 0 Å². The Balaban J connectivity index is 1.29. The van der Waals surface area contributed by atoms with Crippen LogP contribution in [0.15, 0.2) is 12.7 Å². The lowest BCUT2D eigenvalue weighted by atomic mass is 9.76. The van der Waals surface area contributed by atoms with E-state index < -0.39 is 12.0 Å². The van der Waals surface area contributed by atoms with Crippen molar-refractivity contribution in [3.05, 3.63) is 12.7 Å². The summed E-state index contributed by atoms with van der Waals surface area (Å²) in [6.45, 7) is 11.3. The zero-order valence-electron chi connectivity index (χ0n) is 21.8. The third kappa shape index (κ3) is 4.81. The second-order valence-electron chi connectivity index (χ2n) is 10.8. The van der Waals surface area contributed by atoms with Gasteiger partial charge in [-0.25, -0.2) is 15.0 Å². The van der Waals surface area contributed by atoms with Gasteiger partial charge in [0.1, 0.15) is 30.2 Å². The third-order valence-corrected chi connectivity index (χ3v) is 7.58. The molecule has 2 aromatic heterocycles. The maximum atomic E-state index is 11.7. The van der Waals surface area contributed by atoms with E-state index >= 15 is 0 Å². The van der Waals surface area contributed by atoms with Crippen molar-refractivity contribution >= 4 is 23.0 Å². The molecule has 1 saturated carbocycles. The maximum Gasteiger partial charge on any atom is 0.305 e. The smallest absolute Gasteiger partial charge is 0.305 e. The summed E-state index contributed by atoms with van der Waals surface area (Å²) >= 11 is 0. The molecular formula is C25H38N6O5. The number of anilines is 1. The Morgan fingerprint density at radius 2 is 2.00 bits per heavy atom. The first-order valence-corrected chi connectivity index (χ1v) is 13.0. The molecule has 2 aromatic rings. The summed E-state index contributed by atoms with van der Waals surface area (Å²) in [6, 6.07) is 0.800. The normalized spacial score (nSPS) is 31.2. The molecule has 3 fully saturated rings. The number of nitrogens with two attached hydrogens (primary N) is 1. The Kier molecular flexibility index (Phi) is 6.92. The van der Waals surface area contributed by atoms with Crippen LogP contribution in [-0.4, -0.2) is 79.7 Å². The number of hydrogen-bond acceptors (Lipinski definition) is 10. The van der Waals surface area contributed by atoms with E-state index in [1.54, 1.807) is 6.33 Å². The van der Waals surface area contributed by atoms with Gasteiger partial charge in [-0.15, -0.1) is 0 Å². The molecule has 0 aromatic carbocycles. The van der Waals surface area contributed by atoms with Gasteiger partial charge in [-0.05, 0) is 59.8 Å². The molecule has 0 spiro atoms. The fraction of sp³-hybridized carbons (Fsp3) is 0.760. The molecule has 11 heteroatoms. The molecule has 4 atom stereocenters. The summed E-state index contributed by atoms with van der Waals surface area (Å²) in [7, 11) is 0. The second kappa shape index (κ2) is 9.85. The van der Waals surface area contributed by atoms with Crippen LogP contribution in [0, 0.1) is 5.92 Å². The molecule has 1 aliphatic carbocycles. The molecule has 2 N–H and O–H groups in total. The lowest BCUT2D eigenvalue weighted by molar-refractivity contribution is -0.199. The van der Waals surface area contributed by atoms with Crippen molar-refractivity contribution in [3.8, 4) is 0 Å². The number of carbonyl (C=O) groups is 1. The largest absolute Gasteiger partial charge is 0.466 e. The van der Waals surface area contributed by atoms with Gasteiger partial charge < -0.3 is 24.7 Å². The van der Waals surface area contributed by atoms with Crippen molar-refractivity contribution in [1.82, 2.24) is 24.4 Å². The molecule has 0 amide bonds. The van der Waals surface area contributed by atoms with Gasteiger partial charge >= 0.3 is 5.97 Å². The summed E-state index contributed by atoms with van der Waals surface area (Å²) in [5, 5.41) is 0. The molecule has 0 radical (unpaired) electrons. The van der Waals surface area contributed by atoms with E-state index in [0.29, 0.717) is 48.0 Å². The standard InChI is InChI=1S/C25H38N6O5/c1-6-33-18(32)8-7-15-9-16(10-15)30(14(2)3)11-17-20-21(36-25(4,5)35-20)24(34-17)31-13-29-19-22(26)27-12-28-23(19)31/h12-17,20-21,24H,6-11H2,1-5H3,(H2,26,27,28)/t15?,16?,17?,20-,21-,24-/m1/s1. The van der Waals surface area contributed by atoms with Gasteiger partial charge in [0.25, 0.3) is 0 Å². The monoisotopic (exact) mass is 502 g/mol. The van der Waals surface area contributed by atoms with Crippen molar-refractivity contribution in [2.45, 2.75) is 103 Å². The van der Waals surface area contributed by atoms with Gasteiger partial charge in [-0.1, -0.05) is 0 Å². The average Bonchev–Trinajstić information content (AvgIpc) is 3.43. The van der Waals surface area contributed by atoms with Gasteiger partial charge in [0.2, 0.25) is 0 Å². The zero-order chi connectivity index (χ0) is 25.6. The quantitative estimate of drug-likeness (QED) is 0.511. The predicted molar refractivity (Wildman–Crippen MR) is 132 cm³/mol. The number of hydrogen-bond donors (Lipinski definition) is 1. The topological polar surface area (TPSA) is 127 Å². The van der Waals surface area contributed by atoms with Crippen LogP contribution in [0.5, 0.6) is 0 Å². The Bertz CT molecular complexity index is 1080. The summed E-state index contributed by atoms with van der Waals surface area (Å²) in [4.78, 5) is 27.1. The lowest BCUT2D eigenvalue weighted by Crippen LogP contribution is -2.52. The molecule has 5 rings (SSSR count). The molecule has 36 heavy (non-hydrogen) atoms. The maximum absolute atomic E-state index is 11.7. The Hall–Kier alpha value is -2.34. The van der Waals surface area contributed by atoms with Gasteiger partial charge in [-0.3, -0.25) is 14.3 Å². The second-order valence-corrected chi connectivity index (χ2v) is 10.8. The number of esters is 1. The van der Waals surface area contributed by atoms with E-state index in [9.17, 15) is 4.79 Å². The summed E-state index contributed by atoms with van der Waals surface area (Å²) in [5.41, 5.74) is 7.17. The van der Waals surface area contributed by atoms with Gasteiger partial charge in [0, 0.05) is 25.0 Å². The fourth-order valence-corrected chi connectivity index (χ4v) is 5.84. The summed E-state index contributed by atoms with van der Waals surface area (Å²) in [5.74, 6) is 0.0793. The fourth-order valence-electron chi connectivity index (χ4n) is 5.84. The highest BCUT2D eigenvalue weighted by Gasteiger charge is 2.56. The highest BCUT2D eigenvalue weighted by molar-refractivity contribution is 5.81. The van der Waals surface area contributed by atoms with E-state index in [1.807, 2.05) is 25.3 Å². The van der Waals surface area contributed by atoms with Gasteiger partial charge in [0.15, 0.2) is 23.5 Å². The minimum atomic E-state index is -0.711. The highest BCUT2D eigenvalue weighted by atomic mass is 16.8. The molecular weight excluding hydrogens is 464 g/mol. The molecule has 3 aliphatic rings. The zero-order valence-corrected chi connectivity index (χ0v) is 21.8. The third-order valence-electron chi connectivity index (χ3n) is 7.58. The van der Waals surface area contributed by atoms with Crippen molar-refractivity contribution in [2.75, 3.05) is 18.9 Å². The van der Waals surface area contributed by atoms with Crippen LogP contribution < -0.4 is 5.73 Å². The molecule has 11 nitrogen and oxygen atoms in total. The molecule has 1 unspecified atom stereocenters. The summed E-state index contributed by atoms with van der Waals surface area (Å²) in [6.07, 6.45) is 5.52. The highest BCUT2D eigenvalue weighted by Crippen LogP contribution is 2.45. The van der Waals surface area contributed by atoms with E-state index in [4.69, 9.17) is 24.7 Å². The van der Waals surface area contributed by atoms with Crippen LogP contribution in [-0.2, 0) is 23.7 Å². The predicted octanol–water partition coefficient (Wildman–Crippen LogP) is 2.66. The molecule has 2 aliphatic heterocycles. The molecule has 198 valence electrons. The number of carbonyl (C=O) groups excluding carboxylic acids is 1. The van der Waals surface area contributed by atoms with Crippen LogP contribution in [0.2, 0.25) is 0 Å². The van der Waals surface area contributed by atoms with Crippen LogP contribution in [0.25, 0.3) is 11.2 Å². The summed E-state index contributed by atoms with van der Waals surface area (Å²) < 4.78 is 26.2. The first kappa shape index (κ1) is 25.3. The van der Waals surface area contributed by atoms with Crippen molar-refractivity contribution in [2.24, 2.45) is 5.92 Å². The Morgan fingerprint density at radius 3 is 2.72 bits per heavy atom. The van der Waals surface area contributed by atoms with E-state index in [0.717, 1.165) is 25.8 Å². The Labute approximate surface area is 211 Å². The first-order valence-electron chi connectivity index (χ1n) is 13.0. The van der Waals surface area contributed by atoms with Crippen molar-refractivity contribution < 1.29 is 23.7 Å². The SMILES string of the molecule is CCOC(=O)CCC1CC(N(CC2O[C@@H](n3cnc4c(N)ncnc43)[C@@H]3OC(C)(C)O[C@H]23)C(C)C)C1. The first-order chi connectivity index (χ1) is 17.2. The van der Waals surface area contributed by atoms with E-state index in [-0.39, 0.29) is 24.3 Å². The number of ether oxygens (including phenoxy) is 4. The van der Waals surface area contributed by atoms with E-state index in [1.165, 1.54) is 6.33 Å². The molecule has 0 bridgehead atoms. The van der Waals surface area contributed by atoms with Crippen LogP contribution in [0.4, 0.5) is 5.82 Å². The lowest BCUT2D eigenvalue weighted by Gasteiger charge is -2.46. The number of nitrogen functional groups attached to an aromatic ring is 1. The average molecular weight is 503 g/mol. The Morgan fingerprint density at radius 1 is 1.25 bits per heavy atom. The molecule has 2 saturated heterocycles. The number of fused-ring (bicyclic) bond motifs is 2. The van der Waals surface area contributed by atoms with Crippen LogP contribution in [0.1, 0.15) is 66.5 Å². The van der Waals surface area contributed by atoms with Crippen LogP contribution >= 0.6 is 0 Å².